The molecule has 0 amide bonds. The Labute approximate surface area is 318 Å². The van der Waals surface area contributed by atoms with E-state index in [-0.39, 0.29) is 0 Å². The van der Waals surface area contributed by atoms with Gasteiger partial charge in [0.2, 0.25) is 0 Å². The minimum absolute atomic E-state index is 0.516. The molecule has 0 nitrogen and oxygen atoms in total. The third-order valence-electron chi connectivity index (χ3n) is 10.5. The van der Waals surface area contributed by atoms with Crippen molar-refractivity contribution in [1.29, 1.82) is 0 Å². The molecular weight excluding hydrogens is 785 g/mol. The molecule has 1 aliphatic rings. The summed E-state index contributed by atoms with van der Waals surface area (Å²) in [5.41, 5.74) is 7.23. The molecule has 0 atom stereocenters. The fraction of sp³-hybridized carbons (Fsp3) is 0.538. The van der Waals surface area contributed by atoms with Crippen molar-refractivity contribution in [2.75, 3.05) is 0 Å². The number of hydrogen-bond acceptors (Lipinski definition) is 2. The van der Waals surface area contributed by atoms with Crippen molar-refractivity contribution in [2.45, 2.75) is 133 Å². The molecule has 1 saturated heterocycles. The second kappa shape index (κ2) is 14.5. The summed E-state index contributed by atoms with van der Waals surface area (Å²) in [6.45, 7) is 48.4. The molecule has 268 valence electrons. The number of rotatable bonds is 12. The minimum atomic E-state index is -2.73. The van der Waals surface area contributed by atoms with Crippen LogP contribution in [0.4, 0.5) is 0 Å². The zero-order valence-corrected chi connectivity index (χ0v) is 44.3. The molecule has 0 aliphatic carbocycles. The zero-order chi connectivity index (χ0) is 37.2. The van der Waals surface area contributed by atoms with Gasteiger partial charge in [0.15, 0.2) is 0 Å². The summed E-state index contributed by atoms with van der Waals surface area (Å²) in [6.07, 6.45) is 0. The first-order valence-electron chi connectivity index (χ1n) is 18.7. The van der Waals surface area contributed by atoms with Crippen molar-refractivity contribution in [3.05, 3.63) is 89.5 Å². The van der Waals surface area contributed by atoms with Crippen LogP contribution in [0.2, 0.25) is 118 Å². The molecule has 4 rings (SSSR count). The van der Waals surface area contributed by atoms with Crippen LogP contribution in [0.15, 0.2) is 72.8 Å². The van der Waals surface area contributed by atoms with E-state index in [1.165, 1.54) is 0 Å². The Morgan fingerprint density at radius 3 is 0.980 bits per heavy atom. The maximum absolute atomic E-state index is 2.91. The van der Waals surface area contributed by atoms with Crippen LogP contribution < -0.4 is 14.3 Å². The van der Waals surface area contributed by atoms with Crippen LogP contribution in [-0.2, 0) is 0 Å². The molecule has 1 fully saturated rings. The van der Waals surface area contributed by atoms with E-state index < -0.39 is 59.4 Å². The Hall–Kier alpha value is 0.269. The van der Waals surface area contributed by atoms with Gasteiger partial charge < -0.3 is 0 Å². The Kier molecular flexibility index (Phi) is 12.4. The van der Waals surface area contributed by atoms with Crippen LogP contribution in [0.25, 0.3) is 0 Å². The van der Waals surface area contributed by atoms with E-state index in [1.54, 1.807) is 14.4 Å². The Morgan fingerprint density at radius 2 is 0.714 bits per heavy atom. The van der Waals surface area contributed by atoms with Crippen LogP contribution in [-0.4, -0.2) is 64.7 Å². The fourth-order valence-corrected chi connectivity index (χ4v) is 71.7. The van der Waals surface area contributed by atoms with Crippen LogP contribution in [0.3, 0.4) is 0 Å². The van der Waals surface area contributed by atoms with Gasteiger partial charge in [0.05, 0.1) is 0 Å². The fourth-order valence-electron chi connectivity index (χ4n) is 10.6. The van der Waals surface area contributed by atoms with Gasteiger partial charge in [0, 0.05) is 0 Å². The van der Waals surface area contributed by atoms with E-state index in [9.17, 15) is 0 Å². The average Bonchev–Trinajstić information content (AvgIpc) is 2.85. The normalized spacial score (nSPS) is 16.5. The summed E-state index contributed by atoms with van der Waals surface area (Å²) in [5.74, 6) is 0. The van der Waals surface area contributed by atoms with Crippen molar-refractivity contribution in [2.24, 2.45) is 0 Å². The molecule has 0 aromatic heterocycles. The number of hydrogen-bond donors (Lipinski definition) is 0. The Bertz CT molecular complexity index is 1450. The van der Waals surface area contributed by atoms with Crippen molar-refractivity contribution in [3.63, 3.8) is 0 Å². The molecular formula is C39H69BGeS2Si6. The van der Waals surface area contributed by atoms with Gasteiger partial charge in [-0.3, -0.25) is 0 Å². The third kappa shape index (κ3) is 9.15. The van der Waals surface area contributed by atoms with Crippen LogP contribution >= 0.6 is 19.9 Å². The molecule has 10 heteroatoms. The SMILES string of the molecule is C[Si](C)(C)C(c1cc(C([Si](C)(C)C)[Si](C)(C)C)c(B2[S][Ge]([c]3ccccc3)([c]3ccccc3)[S]2)c(C([Si](C)(C)C)[Si](C)(C)C)c1)[Si](C)(C)C. The molecule has 3 aromatic carbocycles. The molecule has 0 saturated carbocycles. The zero-order valence-electron chi connectivity index (χ0n) is 34.6. The van der Waals surface area contributed by atoms with Gasteiger partial charge in [-0.05, 0) is 0 Å². The predicted octanol–water partition coefficient (Wildman–Crippen LogP) is 11.6. The first-order valence-corrected chi connectivity index (χ1v) is 49.2. The summed E-state index contributed by atoms with van der Waals surface area (Å²) < 4.78 is 3.24. The first-order chi connectivity index (χ1) is 22.1. The monoisotopic (exact) mass is 854 g/mol. The van der Waals surface area contributed by atoms with E-state index in [0.29, 0.717) is 5.27 Å². The average molecular weight is 854 g/mol. The first kappa shape index (κ1) is 42.0. The van der Waals surface area contributed by atoms with Crippen molar-refractivity contribution < 1.29 is 0 Å². The Balaban J connectivity index is 2.17. The summed E-state index contributed by atoms with van der Waals surface area (Å²) in [7, 11) is -7.21. The molecule has 0 spiro atoms. The van der Waals surface area contributed by atoms with Gasteiger partial charge in [0.1, 0.15) is 0 Å². The standard InChI is InChI=1S/C39H69BGeS2Si6/c1-44(2,3)37(45(4,5)6)31-29-34(38(46(7,8)9)47(10,11)12)36(35(30-31)39(48(13,14)15)49(16,17)18)40-42-41(43-40,32-25-21-19-22-26-32)33-27-23-20-24-28-33/h19-30,37-39H,1-18H3. The third-order valence-corrected chi connectivity index (χ3v) is 62.3. The van der Waals surface area contributed by atoms with Gasteiger partial charge in [-0.1, -0.05) is 0 Å². The topological polar surface area (TPSA) is 0 Å². The van der Waals surface area contributed by atoms with Gasteiger partial charge in [-0.25, -0.2) is 0 Å². The summed E-state index contributed by atoms with van der Waals surface area (Å²) >= 11 is 0. The van der Waals surface area contributed by atoms with E-state index in [0.717, 1.165) is 15.5 Å². The second-order valence-electron chi connectivity index (χ2n) is 21.5. The molecule has 1 heterocycles. The van der Waals surface area contributed by atoms with Crippen LogP contribution in [0.5, 0.6) is 0 Å². The summed E-state index contributed by atoms with van der Waals surface area (Å²) in [4.78, 5) is 0. The summed E-state index contributed by atoms with van der Waals surface area (Å²) in [6, 6.07) is 29.2. The van der Waals surface area contributed by atoms with E-state index in [1.807, 2.05) is 16.6 Å². The molecule has 1 aliphatic heterocycles. The molecule has 0 bridgehead atoms. The molecule has 0 radical (unpaired) electrons. The predicted molar refractivity (Wildman–Crippen MR) is 253 cm³/mol. The van der Waals surface area contributed by atoms with Crippen molar-refractivity contribution in [1.82, 2.24) is 0 Å². The van der Waals surface area contributed by atoms with E-state index >= 15 is 0 Å². The Morgan fingerprint density at radius 1 is 0.429 bits per heavy atom. The van der Waals surface area contributed by atoms with Crippen LogP contribution in [0, 0.1) is 0 Å². The van der Waals surface area contributed by atoms with Gasteiger partial charge in [-0.15, -0.1) is 0 Å². The quantitative estimate of drug-likeness (QED) is 0.167. The van der Waals surface area contributed by atoms with Crippen LogP contribution in [0.1, 0.15) is 32.2 Å². The maximum atomic E-state index is 2.91. The van der Waals surface area contributed by atoms with Gasteiger partial charge in [0.25, 0.3) is 0 Å². The molecule has 49 heavy (non-hydrogen) atoms. The summed E-state index contributed by atoms with van der Waals surface area (Å²) in [5, 5.41) is 2.74. The van der Waals surface area contributed by atoms with Crippen molar-refractivity contribution in [3.8, 4) is 0 Å². The van der Waals surface area contributed by atoms with Gasteiger partial charge in [-0.2, -0.15) is 0 Å². The molecule has 0 N–H and O–H groups in total. The van der Waals surface area contributed by atoms with Gasteiger partial charge >= 0.3 is 322 Å². The van der Waals surface area contributed by atoms with Crippen molar-refractivity contribution >= 4 is 98.8 Å². The molecule has 0 unspecified atom stereocenters. The molecule has 3 aromatic rings. The van der Waals surface area contributed by atoms with E-state index in [4.69, 9.17) is 0 Å². The number of benzene rings is 3. The van der Waals surface area contributed by atoms with E-state index in [2.05, 4.69) is 211 Å². The second-order valence-corrected chi connectivity index (χ2v) is 72.5.